The third-order valence-corrected chi connectivity index (χ3v) is 5.08. The first-order chi connectivity index (χ1) is 12.6. The molecule has 0 unspecified atom stereocenters. The molecule has 4 nitrogen and oxygen atoms in total. The van der Waals surface area contributed by atoms with E-state index in [4.69, 9.17) is 0 Å². The van der Waals surface area contributed by atoms with Crippen LogP contribution in [-0.4, -0.2) is 24.6 Å². The van der Waals surface area contributed by atoms with E-state index in [1.165, 1.54) is 7.11 Å². The molecule has 0 bridgehead atoms. The van der Waals surface area contributed by atoms with Crippen LogP contribution < -0.4 is 0 Å². The van der Waals surface area contributed by atoms with Crippen LogP contribution in [0.5, 0.6) is 0 Å². The van der Waals surface area contributed by atoms with E-state index >= 15 is 0 Å². The third kappa shape index (κ3) is 6.25. The van der Waals surface area contributed by atoms with Gasteiger partial charge in [-0.3, -0.25) is 14.4 Å². The molecule has 1 saturated carbocycles. The van der Waals surface area contributed by atoms with Gasteiger partial charge in [-0.2, -0.15) is 0 Å². The fraction of sp³-hybridized carbons (Fsp3) is 0.500. The number of rotatable bonds is 10. The number of ketones is 2. The van der Waals surface area contributed by atoms with Gasteiger partial charge in [-0.15, -0.1) is 0 Å². The number of carbonyl (C=O) groups excluding carboxylic acids is 3. The van der Waals surface area contributed by atoms with Crippen LogP contribution in [-0.2, 0) is 14.3 Å². The molecule has 1 aliphatic rings. The highest BCUT2D eigenvalue weighted by atomic mass is 16.5. The number of carbonyl (C=O) groups is 3. The maximum absolute atomic E-state index is 12.2. The normalized spacial score (nSPS) is 19.8. The molecule has 0 aromatic heterocycles. The first kappa shape index (κ1) is 20.1. The zero-order valence-corrected chi connectivity index (χ0v) is 15.5. The lowest BCUT2D eigenvalue weighted by Gasteiger charge is -2.14. The van der Waals surface area contributed by atoms with Crippen LogP contribution in [0, 0.1) is 11.8 Å². The first-order valence-corrected chi connectivity index (χ1v) is 9.49. The summed E-state index contributed by atoms with van der Waals surface area (Å²) in [6.45, 7) is 0. The Kier molecular flexibility index (Phi) is 8.26. The van der Waals surface area contributed by atoms with Crippen molar-refractivity contribution in [2.75, 3.05) is 7.11 Å². The predicted octanol–water partition coefficient (Wildman–Crippen LogP) is 4.53. The van der Waals surface area contributed by atoms with Gasteiger partial charge in [0, 0.05) is 24.3 Å². The zero-order valence-electron chi connectivity index (χ0n) is 15.5. The average Bonchev–Trinajstić information content (AvgIpc) is 3.02. The van der Waals surface area contributed by atoms with Gasteiger partial charge in [-0.05, 0) is 31.3 Å². The number of esters is 1. The Labute approximate surface area is 155 Å². The highest BCUT2D eigenvalue weighted by Crippen LogP contribution is 2.33. The summed E-state index contributed by atoms with van der Waals surface area (Å²) in [4.78, 5) is 35.4. The molecular formula is C22H28O4. The molecular weight excluding hydrogens is 328 g/mol. The van der Waals surface area contributed by atoms with E-state index in [0.29, 0.717) is 24.2 Å². The van der Waals surface area contributed by atoms with Crippen molar-refractivity contribution in [2.45, 2.75) is 51.4 Å². The fourth-order valence-corrected chi connectivity index (χ4v) is 3.54. The van der Waals surface area contributed by atoms with Crippen molar-refractivity contribution in [3.63, 3.8) is 0 Å². The van der Waals surface area contributed by atoms with Gasteiger partial charge < -0.3 is 4.74 Å². The van der Waals surface area contributed by atoms with Crippen molar-refractivity contribution in [1.29, 1.82) is 0 Å². The number of hydrogen-bond acceptors (Lipinski definition) is 4. The van der Waals surface area contributed by atoms with Crippen molar-refractivity contribution in [3.8, 4) is 0 Å². The molecule has 0 heterocycles. The molecule has 140 valence electrons. The number of unbranched alkanes of at least 4 members (excludes halogenated alkanes) is 3. The number of allylic oxidation sites excluding steroid dienone is 2. The Balaban J connectivity index is 1.76. The minimum absolute atomic E-state index is 0.00786. The summed E-state index contributed by atoms with van der Waals surface area (Å²) in [5.41, 5.74) is 0.676. The molecule has 1 aliphatic carbocycles. The van der Waals surface area contributed by atoms with Gasteiger partial charge in [0.2, 0.25) is 0 Å². The van der Waals surface area contributed by atoms with Gasteiger partial charge in [0.25, 0.3) is 0 Å². The molecule has 1 aromatic carbocycles. The largest absolute Gasteiger partial charge is 0.469 e. The first-order valence-electron chi connectivity index (χ1n) is 9.49. The zero-order chi connectivity index (χ0) is 18.8. The van der Waals surface area contributed by atoms with Crippen LogP contribution in [0.3, 0.4) is 0 Å². The molecule has 0 spiro atoms. The van der Waals surface area contributed by atoms with E-state index in [-0.39, 0.29) is 23.6 Å². The van der Waals surface area contributed by atoms with Gasteiger partial charge in [-0.25, -0.2) is 0 Å². The summed E-state index contributed by atoms with van der Waals surface area (Å²) in [5.74, 6) is 0.359. The number of methoxy groups -OCH3 is 1. The molecule has 2 atom stereocenters. The van der Waals surface area contributed by atoms with Crippen molar-refractivity contribution in [3.05, 3.63) is 48.0 Å². The monoisotopic (exact) mass is 356 g/mol. The number of Topliss-reactive ketones (excluding diaryl/α,β-unsaturated/α-hetero) is 1. The lowest BCUT2D eigenvalue weighted by Crippen LogP contribution is -2.13. The molecule has 0 saturated heterocycles. The quantitative estimate of drug-likeness (QED) is 0.267. The minimum Gasteiger partial charge on any atom is -0.469 e. The van der Waals surface area contributed by atoms with Crippen molar-refractivity contribution in [1.82, 2.24) is 0 Å². The summed E-state index contributed by atoms with van der Waals surface area (Å²) in [5, 5.41) is 0. The van der Waals surface area contributed by atoms with Crippen LogP contribution in [0.15, 0.2) is 42.5 Å². The van der Waals surface area contributed by atoms with Gasteiger partial charge in [-0.1, -0.05) is 55.7 Å². The van der Waals surface area contributed by atoms with E-state index in [1.54, 1.807) is 18.2 Å². The van der Waals surface area contributed by atoms with E-state index in [9.17, 15) is 14.4 Å². The second kappa shape index (κ2) is 10.7. The van der Waals surface area contributed by atoms with Crippen molar-refractivity contribution < 1.29 is 19.1 Å². The molecule has 4 heteroatoms. The highest BCUT2D eigenvalue weighted by Gasteiger charge is 2.32. The Morgan fingerprint density at radius 2 is 1.85 bits per heavy atom. The molecule has 0 aliphatic heterocycles. The maximum Gasteiger partial charge on any atom is 0.305 e. The summed E-state index contributed by atoms with van der Waals surface area (Å²) in [6.07, 6.45) is 10.1. The lowest BCUT2D eigenvalue weighted by atomic mass is 9.89. The third-order valence-electron chi connectivity index (χ3n) is 5.08. The summed E-state index contributed by atoms with van der Waals surface area (Å²) >= 11 is 0. The van der Waals surface area contributed by atoms with Crippen molar-refractivity contribution in [2.24, 2.45) is 11.8 Å². The number of ether oxygens (including phenoxy) is 1. The Morgan fingerprint density at radius 3 is 2.58 bits per heavy atom. The average molecular weight is 356 g/mol. The fourth-order valence-electron chi connectivity index (χ4n) is 3.54. The van der Waals surface area contributed by atoms with Crippen LogP contribution in [0.2, 0.25) is 0 Å². The smallest absolute Gasteiger partial charge is 0.305 e. The summed E-state index contributed by atoms with van der Waals surface area (Å²) in [6, 6.07) is 9.19. The van der Waals surface area contributed by atoms with Gasteiger partial charge in [0.1, 0.15) is 5.78 Å². The molecule has 1 aromatic rings. The Bertz CT molecular complexity index is 633. The molecule has 2 rings (SSSR count). The van der Waals surface area contributed by atoms with Gasteiger partial charge >= 0.3 is 5.97 Å². The molecule has 0 amide bonds. The van der Waals surface area contributed by atoms with Crippen LogP contribution in [0.25, 0.3) is 0 Å². The molecule has 0 radical (unpaired) electrons. The Morgan fingerprint density at radius 1 is 1.12 bits per heavy atom. The van der Waals surface area contributed by atoms with Crippen LogP contribution >= 0.6 is 0 Å². The van der Waals surface area contributed by atoms with Crippen LogP contribution in [0.1, 0.15) is 61.7 Å². The van der Waals surface area contributed by atoms with E-state index in [1.807, 2.05) is 24.3 Å². The lowest BCUT2D eigenvalue weighted by molar-refractivity contribution is -0.140. The second-order valence-corrected chi connectivity index (χ2v) is 6.89. The van der Waals surface area contributed by atoms with Crippen LogP contribution in [0.4, 0.5) is 0 Å². The highest BCUT2D eigenvalue weighted by molar-refractivity contribution is 6.04. The summed E-state index contributed by atoms with van der Waals surface area (Å²) in [7, 11) is 1.41. The number of hydrogen-bond donors (Lipinski definition) is 0. The minimum atomic E-state index is -0.163. The number of benzene rings is 1. The predicted molar refractivity (Wildman–Crippen MR) is 101 cm³/mol. The standard InChI is InChI=1S/C22H28O4/c1-26-22(25)12-8-3-2-7-11-19-17(14-16-21(19)24)13-15-20(23)18-9-5-4-6-10-18/h4-6,9-10,13,15,17,19H,2-3,7-8,11-12,14,16H2,1H3/t17-,19+/m0/s1. The Hall–Kier alpha value is -2.23. The van der Waals surface area contributed by atoms with E-state index < -0.39 is 0 Å². The SMILES string of the molecule is COC(=O)CCCCCC[C@H]1C(=O)CC[C@@H]1C=CC(=O)c1ccccc1. The van der Waals surface area contributed by atoms with Crippen molar-refractivity contribution >= 4 is 17.5 Å². The topological polar surface area (TPSA) is 60.4 Å². The van der Waals surface area contributed by atoms with E-state index in [2.05, 4.69) is 4.74 Å². The van der Waals surface area contributed by atoms with Gasteiger partial charge in [0.05, 0.1) is 7.11 Å². The molecule has 1 fully saturated rings. The van der Waals surface area contributed by atoms with E-state index in [0.717, 1.165) is 38.5 Å². The molecule has 0 N–H and O–H groups in total. The van der Waals surface area contributed by atoms with Gasteiger partial charge in [0.15, 0.2) is 5.78 Å². The maximum atomic E-state index is 12.2. The summed E-state index contributed by atoms with van der Waals surface area (Å²) < 4.78 is 4.63. The second-order valence-electron chi connectivity index (χ2n) is 6.89. The molecule has 26 heavy (non-hydrogen) atoms.